The molecular formula is C7H14O6Se. The Hall–Kier alpha value is -0.0105. The molecule has 0 fully saturated rings. The Kier molecular flexibility index (Phi) is 6.46. The summed E-state index contributed by atoms with van der Waals surface area (Å²) >= 11 is 2.16. The Bertz CT molecular complexity index is 197. The average Bonchev–Trinajstić information content (AvgIpc) is 2.23. The zero-order valence-electron chi connectivity index (χ0n) is 7.57. The molecule has 0 bridgehead atoms. The van der Waals surface area contributed by atoms with Gasteiger partial charge in [-0.2, -0.15) is 0 Å². The van der Waals surface area contributed by atoms with E-state index in [-0.39, 0.29) is 5.78 Å². The van der Waals surface area contributed by atoms with Gasteiger partial charge in [0.1, 0.15) is 0 Å². The molecule has 4 atom stereocenters. The van der Waals surface area contributed by atoms with Crippen molar-refractivity contribution in [3.63, 3.8) is 0 Å². The predicted molar refractivity (Wildman–Crippen MR) is 47.5 cm³/mol. The van der Waals surface area contributed by atoms with Gasteiger partial charge in [0.15, 0.2) is 0 Å². The van der Waals surface area contributed by atoms with Crippen molar-refractivity contribution >= 4 is 22.1 Å². The van der Waals surface area contributed by atoms with Crippen LogP contribution in [0.25, 0.3) is 0 Å². The molecule has 0 rings (SSSR count). The number of hydrogen-bond donors (Lipinski definition) is 5. The Labute approximate surface area is 89.6 Å². The van der Waals surface area contributed by atoms with Crippen molar-refractivity contribution in [1.29, 1.82) is 0 Å². The van der Waals surface area contributed by atoms with Crippen LogP contribution in [0.4, 0.5) is 0 Å². The third-order valence-electron chi connectivity index (χ3n) is 1.80. The van der Waals surface area contributed by atoms with Gasteiger partial charge < -0.3 is 0 Å². The summed E-state index contributed by atoms with van der Waals surface area (Å²) in [5, 5.41) is 45.3. The van der Waals surface area contributed by atoms with Crippen LogP contribution in [0, 0.1) is 0 Å². The Balaban J connectivity index is 4.38. The van der Waals surface area contributed by atoms with Gasteiger partial charge in [-0.3, -0.25) is 0 Å². The van der Waals surface area contributed by atoms with E-state index < -0.39 is 31.0 Å². The van der Waals surface area contributed by atoms with E-state index in [0.29, 0.717) is 0 Å². The molecule has 0 aliphatic rings. The summed E-state index contributed by atoms with van der Waals surface area (Å²) in [5.41, 5.74) is 0. The van der Waals surface area contributed by atoms with Crippen LogP contribution in [0.5, 0.6) is 0 Å². The molecule has 0 aromatic rings. The predicted octanol–water partition coefficient (Wildman–Crippen LogP) is -3.37. The molecule has 0 aliphatic heterocycles. The van der Waals surface area contributed by atoms with E-state index in [1.807, 2.05) is 0 Å². The first kappa shape index (κ1) is 14.0. The molecule has 0 radical (unpaired) electrons. The van der Waals surface area contributed by atoms with E-state index in [0.717, 1.165) is 0 Å². The normalized spacial score (nSPS) is 21.4. The first-order valence-corrected chi connectivity index (χ1v) is 4.62. The third-order valence-corrected chi connectivity index (χ3v) is 2.35. The minimum atomic E-state index is -1.64. The molecule has 0 saturated carbocycles. The summed E-state index contributed by atoms with van der Waals surface area (Å²) < 4.78 is 4.52. The van der Waals surface area contributed by atoms with Crippen molar-refractivity contribution in [2.75, 3.05) is 6.61 Å². The number of aliphatic hydroxyl groups is 5. The zero-order chi connectivity index (χ0) is 11.3. The molecule has 0 amide bonds. The van der Waals surface area contributed by atoms with Gasteiger partial charge in [-0.15, -0.1) is 0 Å². The zero-order valence-corrected chi connectivity index (χ0v) is 9.28. The van der Waals surface area contributed by atoms with Gasteiger partial charge in [-0.05, 0) is 0 Å². The van der Waals surface area contributed by atoms with Gasteiger partial charge in [0.25, 0.3) is 0 Å². The average molecular weight is 273 g/mol. The number of carbonyl (C=O) groups excluding carboxylic acids is 1. The van der Waals surface area contributed by atoms with Crippen molar-refractivity contribution < 1.29 is 29.0 Å². The SMILES string of the molecule is CC(=[O+][Se-])[C@H](O)[C@@H](O)[C@H](O)[C@H](O)CO. The minimum absolute atomic E-state index is 0.0571. The van der Waals surface area contributed by atoms with Gasteiger partial charge in [-0.1, -0.05) is 0 Å². The van der Waals surface area contributed by atoms with Gasteiger partial charge in [0, 0.05) is 0 Å². The van der Waals surface area contributed by atoms with Crippen LogP contribution in [0.2, 0.25) is 0 Å². The second kappa shape index (κ2) is 6.47. The molecule has 14 heavy (non-hydrogen) atoms. The van der Waals surface area contributed by atoms with Crippen molar-refractivity contribution in [1.82, 2.24) is 0 Å². The monoisotopic (exact) mass is 274 g/mol. The molecule has 0 aromatic carbocycles. The molecular weight excluding hydrogens is 259 g/mol. The summed E-state index contributed by atoms with van der Waals surface area (Å²) in [7, 11) is 0. The molecule has 0 aromatic heterocycles. The molecule has 5 N–H and O–H groups in total. The van der Waals surface area contributed by atoms with E-state index in [1.165, 1.54) is 6.92 Å². The number of ketones is 1. The van der Waals surface area contributed by atoms with Crippen LogP contribution in [0.3, 0.4) is 0 Å². The van der Waals surface area contributed by atoms with Crippen molar-refractivity contribution in [2.24, 2.45) is 0 Å². The summed E-state index contributed by atoms with van der Waals surface area (Å²) in [5.74, 6) is 0.0571. The Morgan fingerprint density at radius 3 is 2.07 bits per heavy atom. The van der Waals surface area contributed by atoms with Gasteiger partial charge >= 0.3 is 89.1 Å². The summed E-state index contributed by atoms with van der Waals surface area (Å²) in [6.07, 6.45) is -6.20. The first-order chi connectivity index (χ1) is 6.45. The second-order valence-corrected chi connectivity index (χ2v) is 3.22. The molecule has 0 unspecified atom stereocenters. The van der Waals surface area contributed by atoms with Crippen LogP contribution in [0.15, 0.2) is 0 Å². The third kappa shape index (κ3) is 3.62. The standard InChI is InChI=1S/C7H14O6Se/c1-3(13-14)5(10)7(12)6(11)4(9)2-8/h4-12H,2H2,1H3/t4-,5+,6-,7-/m1/s1. The van der Waals surface area contributed by atoms with E-state index in [2.05, 4.69) is 19.8 Å². The van der Waals surface area contributed by atoms with Gasteiger partial charge in [-0.25, -0.2) is 0 Å². The maximum atomic E-state index is 9.32. The second-order valence-electron chi connectivity index (χ2n) is 2.87. The van der Waals surface area contributed by atoms with Crippen LogP contribution < -0.4 is 0 Å². The Morgan fingerprint density at radius 2 is 1.71 bits per heavy atom. The van der Waals surface area contributed by atoms with E-state index in [4.69, 9.17) is 10.2 Å². The van der Waals surface area contributed by atoms with Gasteiger partial charge in [0.2, 0.25) is 0 Å². The molecule has 84 valence electrons. The van der Waals surface area contributed by atoms with Crippen molar-refractivity contribution in [3.05, 3.63) is 0 Å². The fourth-order valence-electron chi connectivity index (χ4n) is 0.812. The molecule has 0 heterocycles. The first-order valence-electron chi connectivity index (χ1n) is 3.92. The van der Waals surface area contributed by atoms with E-state index in [9.17, 15) is 15.3 Å². The van der Waals surface area contributed by atoms with Crippen LogP contribution >= 0.6 is 0 Å². The summed E-state index contributed by atoms with van der Waals surface area (Å²) in [6, 6.07) is 0. The van der Waals surface area contributed by atoms with Crippen LogP contribution in [-0.4, -0.2) is 78.7 Å². The van der Waals surface area contributed by atoms with E-state index in [1.54, 1.807) is 0 Å². The van der Waals surface area contributed by atoms with Crippen molar-refractivity contribution in [2.45, 2.75) is 31.3 Å². The molecule has 0 spiro atoms. The summed E-state index contributed by atoms with van der Waals surface area (Å²) in [6.45, 7) is 0.686. The number of hydrogen-bond acceptors (Lipinski definition) is 5. The fraction of sp³-hybridized carbons (Fsp3) is 0.857. The quantitative estimate of drug-likeness (QED) is 0.265. The fourth-order valence-corrected chi connectivity index (χ4v) is 1.02. The number of aliphatic hydroxyl groups excluding tert-OH is 5. The van der Waals surface area contributed by atoms with E-state index >= 15 is 0 Å². The molecule has 0 aliphatic carbocycles. The van der Waals surface area contributed by atoms with Crippen LogP contribution in [-0.2, 0) is 3.51 Å². The van der Waals surface area contributed by atoms with Crippen molar-refractivity contribution in [3.8, 4) is 0 Å². The molecule has 0 saturated heterocycles. The molecule has 7 heteroatoms. The van der Waals surface area contributed by atoms with Gasteiger partial charge in [0.05, 0.1) is 0 Å². The topological polar surface area (TPSA) is 112 Å². The molecule has 6 nitrogen and oxygen atoms in total. The number of rotatable bonds is 5. The maximum absolute atomic E-state index is 9.32. The summed E-state index contributed by atoms with van der Waals surface area (Å²) in [4.78, 5) is 0. The van der Waals surface area contributed by atoms with Crippen LogP contribution in [0.1, 0.15) is 6.92 Å². The Morgan fingerprint density at radius 1 is 1.21 bits per heavy atom.